The zero-order chi connectivity index (χ0) is 26.0. The maximum atomic E-state index is 13.5. The highest BCUT2D eigenvalue weighted by Crippen LogP contribution is 2.30. The average Bonchev–Trinajstić information content (AvgIpc) is 3.51. The van der Waals surface area contributed by atoms with Crippen molar-refractivity contribution < 1.29 is 22.5 Å². The van der Waals surface area contributed by atoms with Gasteiger partial charge in [-0.25, -0.2) is 8.42 Å². The fourth-order valence-electron chi connectivity index (χ4n) is 3.88. The average molecular weight is 552 g/mol. The number of aryl methyl sites for hydroxylation is 1. The van der Waals surface area contributed by atoms with Crippen LogP contribution in [0.1, 0.15) is 27.4 Å². The van der Waals surface area contributed by atoms with Crippen LogP contribution in [0.15, 0.2) is 57.9 Å². The molecule has 0 bridgehead atoms. The van der Waals surface area contributed by atoms with Crippen LogP contribution in [0.5, 0.6) is 0 Å². The molecule has 0 saturated carbocycles. The van der Waals surface area contributed by atoms with Gasteiger partial charge < -0.3 is 20.5 Å². The van der Waals surface area contributed by atoms with Gasteiger partial charge in [0.25, 0.3) is 11.8 Å². The van der Waals surface area contributed by atoms with Crippen molar-refractivity contribution in [2.75, 3.05) is 13.1 Å². The molecule has 1 atom stereocenters. The molecule has 1 unspecified atom stereocenters. The molecule has 2 heterocycles. The molecule has 1 aromatic heterocycles. The van der Waals surface area contributed by atoms with Crippen LogP contribution in [0.4, 0.5) is 0 Å². The molecule has 13 heteroatoms. The Bertz CT molecular complexity index is 1410. The molecule has 1 saturated heterocycles. The molecular formula is C23H23Cl2N5O5S. The Morgan fingerprint density at radius 3 is 2.53 bits per heavy atom. The molecule has 36 heavy (non-hydrogen) atoms. The normalized spacial score (nSPS) is 16.3. The number of halogens is 2. The van der Waals surface area contributed by atoms with Crippen molar-refractivity contribution in [3.8, 4) is 0 Å². The highest BCUT2D eigenvalue weighted by Gasteiger charge is 2.47. The fraction of sp³-hybridized carbons (Fsp3) is 0.261. The Labute approximate surface area is 218 Å². The summed E-state index contributed by atoms with van der Waals surface area (Å²) in [5, 5.41) is 6.69. The van der Waals surface area contributed by atoms with Crippen molar-refractivity contribution in [2.45, 2.75) is 31.1 Å². The monoisotopic (exact) mass is 551 g/mol. The predicted molar refractivity (Wildman–Crippen MR) is 133 cm³/mol. The molecule has 4 rings (SSSR count). The molecule has 2 amide bonds. The second-order valence-electron chi connectivity index (χ2n) is 8.13. The molecule has 0 aliphatic carbocycles. The van der Waals surface area contributed by atoms with Gasteiger partial charge in [-0.05, 0) is 36.2 Å². The van der Waals surface area contributed by atoms with E-state index in [0.29, 0.717) is 12.3 Å². The lowest BCUT2D eigenvalue weighted by molar-refractivity contribution is -0.127. The number of hydrogen-bond acceptors (Lipinski definition) is 7. The van der Waals surface area contributed by atoms with Gasteiger partial charge in [0.15, 0.2) is 11.9 Å². The van der Waals surface area contributed by atoms with Gasteiger partial charge in [0.1, 0.15) is 5.76 Å². The van der Waals surface area contributed by atoms with Gasteiger partial charge in [-0.3, -0.25) is 9.59 Å². The number of carbonyl (C=O) groups excluding carboxylic acids is 2. The van der Waals surface area contributed by atoms with Crippen LogP contribution in [0, 0.1) is 6.92 Å². The number of sulfonamides is 1. The predicted octanol–water partition coefficient (Wildman–Crippen LogP) is 2.54. The van der Waals surface area contributed by atoms with Crippen molar-refractivity contribution in [3.05, 3.63) is 81.2 Å². The van der Waals surface area contributed by atoms with Crippen LogP contribution in [-0.4, -0.2) is 53.8 Å². The van der Waals surface area contributed by atoms with Gasteiger partial charge in [-0.2, -0.15) is 4.31 Å². The third-order valence-corrected chi connectivity index (χ3v) is 8.25. The summed E-state index contributed by atoms with van der Waals surface area (Å²) in [5.74, 6) is -0.912. The van der Waals surface area contributed by atoms with Crippen molar-refractivity contribution in [1.29, 1.82) is 0 Å². The van der Waals surface area contributed by atoms with E-state index in [-0.39, 0.29) is 40.3 Å². The van der Waals surface area contributed by atoms with E-state index in [4.69, 9.17) is 33.5 Å². The molecule has 0 radical (unpaired) electrons. The molecule has 3 aromatic rings. The lowest BCUT2D eigenvalue weighted by Crippen LogP contribution is -2.53. The van der Waals surface area contributed by atoms with E-state index in [9.17, 15) is 18.0 Å². The molecule has 1 fully saturated rings. The van der Waals surface area contributed by atoms with E-state index in [1.807, 2.05) is 18.2 Å². The first-order valence-corrected chi connectivity index (χ1v) is 13.1. The van der Waals surface area contributed by atoms with E-state index >= 15 is 0 Å². The minimum Gasteiger partial charge on any atom is -0.361 e. The first-order chi connectivity index (χ1) is 17.1. The smallest absolute Gasteiger partial charge is 0.277 e. The highest BCUT2D eigenvalue weighted by molar-refractivity contribution is 7.89. The summed E-state index contributed by atoms with van der Waals surface area (Å²) in [6.45, 7) is 1.90. The van der Waals surface area contributed by atoms with E-state index in [0.717, 1.165) is 20.3 Å². The lowest BCUT2D eigenvalue weighted by Gasteiger charge is -2.28. The molecule has 190 valence electrons. The summed E-state index contributed by atoms with van der Waals surface area (Å²) in [4.78, 5) is 27.6. The number of nitrogens with zero attached hydrogens (tertiary/aromatic N) is 3. The Morgan fingerprint density at radius 2 is 1.86 bits per heavy atom. The van der Waals surface area contributed by atoms with Crippen LogP contribution >= 0.6 is 23.2 Å². The number of hydrogen-bond donors (Lipinski definition) is 2. The number of aromatic nitrogens is 1. The summed E-state index contributed by atoms with van der Waals surface area (Å²) >= 11 is 12.0. The number of nitrogens with one attached hydrogen (secondary N) is 1. The largest absolute Gasteiger partial charge is 0.361 e. The van der Waals surface area contributed by atoms with Gasteiger partial charge in [0.05, 0.1) is 14.9 Å². The molecule has 10 nitrogen and oxygen atoms in total. The lowest BCUT2D eigenvalue weighted by atomic mass is 10.1. The molecule has 0 spiro atoms. The van der Waals surface area contributed by atoms with Gasteiger partial charge >= 0.3 is 0 Å². The Balaban J connectivity index is 1.66. The SMILES string of the molecule is Cc1cc(C(=O)N2CCN(S(=O)(=O)c3ccc(Cl)c(Cl)c3)C2C(=O)NCc2cccc(CN)c2)no1. The number of rotatable bonds is 7. The van der Waals surface area contributed by atoms with E-state index in [2.05, 4.69) is 10.5 Å². The van der Waals surface area contributed by atoms with Crippen molar-refractivity contribution in [1.82, 2.24) is 19.7 Å². The maximum absolute atomic E-state index is 13.5. The van der Waals surface area contributed by atoms with Gasteiger partial charge in [0, 0.05) is 32.2 Å². The van der Waals surface area contributed by atoms with E-state index in [1.54, 1.807) is 13.0 Å². The second kappa shape index (κ2) is 10.6. The summed E-state index contributed by atoms with van der Waals surface area (Å²) in [5.41, 5.74) is 7.31. The topological polar surface area (TPSA) is 139 Å². The summed E-state index contributed by atoms with van der Waals surface area (Å²) in [7, 11) is -4.23. The fourth-order valence-corrected chi connectivity index (χ4v) is 5.81. The van der Waals surface area contributed by atoms with E-state index < -0.39 is 28.0 Å². The number of nitrogens with two attached hydrogens (primary N) is 1. The number of amides is 2. The van der Waals surface area contributed by atoms with Crippen LogP contribution in [0.3, 0.4) is 0 Å². The van der Waals surface area contributed by atoms with Crippen molar-refractivity contribution >= 4 is 45.0 Å². The number of carbonyl (C=O) groups is 2. The zero-order valence-electron chi connectivity index (χ0n) is 19.1. The first-order valence-electron chi connectivity index (χ1n) is 10.9. The second-order valence-corrected chi connectivity index (χ2v) is 10.8. The summed E-state index contributed by atoms with van der Waals surface area (Å²) in [6, 6.07) is 12.6. The molecule has 1 aliphatic rings. The highest BCUT2D eigenvalue weighted by atomic mass is 35.5. The quantitative estimate of drug-likeness (QED) is 0.459. The van der Waals surface area contributed by atoms with Gasteiger partial charge in [-0.15, -0.1) is 0 Å². The standard InChI is InChI=1S/C23H23Cl2N5O5S/c1-14-9-20(28-35-14)23(32)29-7-8-30(36(33,34)17-5-6-18(24)19(25)11-17)22(29)21(31)27-13-16-4-2-3-15(10-16)12-26/h2-6,9-11,22H,7-8,12-13,26H2,1H3,(H,27,31). The van der Waals surface area contributed by atoms with Gasteiger partial charge in [-0.1, -0.05) is 52.6 Å². The Hall–Kier alpha value is -2.96. The van der Waals surface area contributed by atoms with Crippen LogP contribution < -0.4 is 11.1 Å². The third kappa shape index (κ3) is 5.25. The number of benzene rings is 2. The first kappa shape index (κ1) is 26.1. The zero-order valence-corrected chi connectivity index (χ0v) is 21.5. The Morgan fingerprint density at radius 1 is 1.11 bits per heavy atom. The molecular weight excluding hydrogens is 529 g/mol. The molecule has 3 N–H and O–H groups in total. The minimum atomic E-state index is -4.23. The minimum absolute atomic E-state index is 0.0327. The van der Waals surface area contributed by atoms with Crippen LogP contribution in [0.25, 0.3) is 0 Å². The summed E-state index contributed by atoms with van der Waals surface area (Å²) in [6.07, 6.45) is -1.47. The van der Waals surface area contributed by atoms with Crippen molar-refractivity contribution in [2.24, 2.45) is 5.73 Å². The van der Waals surface area contributed by atoms with Gasteiger partial charge in [0.2, 0.25) is 10.0 Å². The van der Waals surface area contributed by atoms with Crippen molar-refractivity contribution in [3.63, 3.8) is 0 Å². The summed E-state index contributed by atoms with van der Waals surface area (Å²) < 4.78 is 33.0. The van der Waals surface area contributed by atoms with Crippen LogP contribution in [-0.2, 0) is 27.9 Å². The van der Waals surface area contributed by atoms with E-state index in [1.165, 1.54) is 24.3 Å². The maximum Gasteiger partial charge on any atom is 0.277 e. The third-order valence-electron chi connectivity index (χ3n) is 5.66. The molecule has 1 aliphatic heterocycles. The molecule has 2 aromatic carbocycles. The Kier molecular flexibility index (Phi) is 7.67. The van der Waals surface area contributed by atoms with Crippen LogP contribution in [0.2, 0.25) is 10.0 Å².